The summed E-state index contributed by atoms with van der Waals surface area (Å²) in [7, 11) is 1.99. The molecule has 2 heterocycles. The molecular weight excluding hydrogens is 382 g/mol. The number of nitrogens with two attached hydrogens (primary N) is 1. The second-order valence-electron chi connectivity index (χ2n) is 10.0. The van der Waals surface area contributed by atoms with Crippen LogP contribution in [0.25, 0.3) is 11.2 Å². The zero-order valence-corrected chi connectivity index (χ0v) is 20.1. The second-order valence-corrected chi connectivity index (χ2v) is 10.0. The fourth-order valence-corrected chi connectivity index (χ4v) is 5.02. The minimum atomic E-state index is 0.405. The van der Waals surface area contributed by atoms with Gasteiger partial charge in [-0.2, -0.15) is 4.98 Å². The Labute approximate surface area is 187 Å². The molecule has 0 spiro atoms. The van der Waals surface area contributed by atoms with E-state index >= 15 is 0 Å². The Morgan fingerprint density at radius 2 is 2.00 bits per heavy atom. The molecule has 2 aromatic rings. The van der Waals surface area contributed by atoms with Crippen LogP contribution in [0, 0.1) is 11.3 Å². The summed E-state index contributed by atoms with van der Waals surface area (Å²) in [5, 5.41) is 0. The summed E-state index contributed by atoms with van der Waals surface area (Å²) in [6, 6.07) is 0. The van der Waals surface area contributed by atoms with Gasteiger partial charge in [-0.3, -0.25) is 4.57 Å². The summed E-state index contributed by atoms with van der Waals surface area (Å²) in [5.41, 5.74) is 12.6. The van der Waals surface area contributed by atoms with E-state index in [-0.39, 0.29) is 0 Å². The number of imidazole rings is 1. The van der Waals surface area contributed by atoms with Gasteiger partial charge in [0.25, 0.3) is 0 Å². The lowest BCUT2D eigenvalue weighted by atomic mass is 9.65. The molecule has 0 aromatic carbocycles. The van der Waals surface area contributed by atoms with Gasteiger partial charge in [-0.25, -0.2) is 4.57 Å². The van der Waals surface area contributed by atoms with Crippen molar-refractivity contribution < 1.29 is 4.57 Å². The average molecular weight is 423 g/mol. The summed E-state index contributed by atoms with van der Waals surface area (Å²) in [6.07, 6.45) is 16.7. The van der Waals surface area contributed by atoms with Crippen molar-refractivity contribution in [3.63, 3.8) is 0 Å². The van der Waals surface area contributed by atoms with Gasteiger partial charge in [0.2, 0.25) is 5.52 Å². The first-order chi connectivity index (χ1) is 14.7. The zero-order valence-electron chi connectivity index (χ0n) is 20.1. The Bertz CT molecular complexity index is 993. The summed E-state index contributed by atoms with van der Waals surface area (Å²) < 4.78 is 4.11. The van der Waals surface area contributed by atoms with Gasteiger partial charge >= 0.3 is 5.65 Å². The number of anilines is 1. The molecule has 1 aliphatic rings. The van der Waals surface area contributed by atoms with E-state index in [2.05, 4.69) is 61.0 Å². The van der Waals surface area contributed by atoms with Crippen molar-refractivity contribution in [2.75, 3.05) is 5.73 Å². The van der Waals surface area contributed by atoms with Crippen molar-refractivity contribution in [3.8, 4) is 0 Å². The van der Waals surface area contributed by atoms with Crippen LogP contribution >= 0.6 is 0 Å². The van der Waals surface area contributed by atoms with Gasteiger partial charge in [0.05, 0.1) is 13.6 Å². The SMILES string of the molecule is C=C1CCCC(C)(C)[C@H]1CCC(C)=CCCC(C)=CCn1c[n+](C)c2ncnc(N)c21. The van der Waals surface area contributed by atoms with Crippen LogP contribution in [0.2, 0.25) is 0 Å². The van der Waals surface area contributed by atoms with E-state index in [4.69, 9.17) is 5.73 Å². The van der Waals surface area contributed by atoms with E-state index in [0.717, 1.165) is 30.6 Å². The predicted octanol–water partition coefficient (Wildman–Crippen LogP) is 5.67. The lowest BCUT2D eigenvalue weighted by Crippen LogP contribution is -2.29. The van der Waals surface area contributed by atoms with Gasteiger partial charge in [-0.15, -0.1) is 0 Å². The van der Waals surface area contributed by atoms with Crippen LogP contribution in [0.3, 0.4) is 0 Å². The Morgan fingerprint density at radius 1 is 1.26 bits per heavy atom. The highest BCUT2D eigenvalue weighted by Gasteiger charge is 2.33. The lowest BCUT2D eigenvalue weighted by Gasteiger charge is -2.40. The second kappa shape index (κ2) is 9.80. The first-order valence-corrected chi connectivity index (χ1v) is 11.6. The molecule has 5 nitrogen and oxygen atoms in total. The topological polar surface area (TPSA) is 60.6 Å². The van der Waals surface area contributed by atoms with Crippen LogP contribution in [0.5, 0.6) is 0 Å². The molecule has 5 heteroatoms. The molecule has 2 aromatic heterocycles. The normalized spacial score (nSPS) is 19.9. The quantitative estimate of drug-likeness (QED) is 0.440. The third kappa shape index (κ3) is 5.63. The van der Waals surface area contributed by atoms with Crippen molar-refractivity contribution in [1.29, 1.82) is 0 Å². The third-order valence-corrected chi connectivity index (χ3v) is 7.02. The van der Waals surface area contributed by atoms with Crippen molar-refractivity contribution in [3.05, 3.63) is 48.1 Å². The highest BCUT2D eigenvalue weighted by Crippen LogP contribution is 2.45. The molecule has 168 valence electrons. The highest BCUT2D eigenvalue weighted by atomic mass is 15.2. The van der Waals surface area contributed by atoms with E-state index in [1.807, 2.05) is 17.9 Å². The van der Waals surface area contributed by atoms with Crippen molar-refractivity contribution in [1.82, 2.24) is 14.5 Å². The van der Waals surface area contributed by atoms with Crippen LogP contribution < -0.4 is 10.3 Å². The smallest absolute Gasteiger partial charge is 0.307 e. The zero-order chi connectivity index (χ0) is 22.6. The number of aryl methyl sites for hydroxylation is 1. The maximum absolute atomic E-state index is 6.08. The summed E-state index contributed by atoms with van der Waals surface area (Å²) >= 11 is 0. The number of nitrogen functional groups attached to an aromatic ring is 1. The number of aromatic nitrogens is 4. The Balaban J connectivity index is 1.51. The molecule has 2 N–H and O–H groups in total. The van der Waals surface area contributed by atoms with Gasteiger partial charge < -0.3 is 5.73 Å². The Hall–Kier alpha value is -2.43. The van der Waals surface area contributed by atoms with E-state index < -0.39 is 0 Å². The van der Waals surface area contributed by atoms with Crippen LogP contribution in [0.1, 0.15) is 72.6 Å². The fraction of sp³-hybridized carbons (Fsp3) is 0.577. The number of fused-ring (bicyclic) bond motifs is 1. The van der Waals surface area contributed by atoms with Crippen LogP contribution in [-0.2, 0) is 13.6 Å². The first-order valence-electron chi connectivity index (χ1n) is 11.6. The van der Waals surface area contributed by atoms with Crippen molar-refractivity contribution in [2.24, 2.45) is 18.4 Å². The fourth-order valence-electron chi connectivity index (χ4n) is 5.02. The van der Waals surface area contributed by atoms with Crippen LogP contribution in [-0.4, -0.2) is 14.5 Å². The number of hydrogen-bond acceptors (Lipinski definition) is 3. The molecule has 1 saturated carbocycles. The van der Waals surface area contributed by atoms with E-state index in [1.54, 1.807) is 0 Å². The maximum Gasteiger partial charge on any atom is 0.307 e. The number of hydrogen-bond donors (Lipinski definition) is 1. The lowest BCUT2D eigenvalue weighted by molar-refractivity contribution is -0.647. The molecule has 1 fully saturated rings. The van der Waals surface area contributed by atoms with Crippen LogP contribution in [0.15, 0.2) is 48.1 Å². The van der Waals surface area contributed by atoms with E-state index in [9.17, 15) is 0 Å². The minimum Gasteiger partial charge on any atom is -0.380 e. The van der Waals surface area contributed by atoms with Gasteiger partial charge in [0.15, 0.2) is 18.5 Å². The molecule has 0 amide bonds. The van der Waals surface area contributed by atoms with Gasteiger partial charge in [-0.1, -0.05) is 54.3 Å². The largest absolute Gasteiger partial charge is 0.380 e. The number of nitrogens with zero attached hydrogens (tertiary/aromatic N) is 4. The van der Waals surface area contributed by atoms with Crippen molar-refractivity contribution >= 4 is 17.0 Å². The van der Waals surface area contributed by atoms with Gasteiger partial charge in [-0.05, 0) is 70.1 Å². The molecule has 3 rings (SSSR count). The monoisotopic (exact) mass is 422 g/mol. The predicted molar refractivity (Wildman–Crippen MR) is 129 cm³/mol. The third-order valence-electron chi connectivity index (χ3n) is 7.02. The minimum absolute atomic E-state index is 0.405. The molecule has 0 aliphatic heterocycles. The van der Waals surface area contributed by atoms with Crippen LogP contribution in [0.4, 0.5) is 5.82 Å². The molecule has 0 saturated heterocycles. The molecule has 1 aliphatic carbocycles. The molecule has 0 bridgehead atoms. The first kappa shape index (κ1) is 23.2. The summed E-state index contributed by atoms with van der Waals surface area (Å²) in [6.45, 7) is 14.5. The average Bonchev–Trinajstić information content (AvgIpc) is 3.02. The van der Waals surface area contributed by atoms with Gasteiger partial charge in [0.1, 0.15) is 0 Å². The van der Waals surface area contributed by atoms with Gasteiger partial charge in [0, 0.05) is 0 Å². The summed E-state index contributed by atoms with van der Waals surface area (Å²) in [4.78, 5) is 8.48. The molecule has 1 atom stereocenters. The summed E-state index contributed by atoms with van der Waals surface area (Å²) in [5.74, 6) is 1.19. The van der Waals surface area contributed by atoms with E-state index in [1.165, 1.54) is 55.2 Å². The maximum atomic E-state index is 6.08. The Morgan fingerprint density at radius 3 is 2.74 bits per heavy atom. The highest BCUT2D eigenvalue weighted by molar-refractivity contribution is 5.79. The molecular formula is C26H40N5+. The Kier molecular flexibility index (Phi) is 7.34. The molecule has 0 radical (unpaired) electrons. The molecule has 0 unspecified atom stereocenters. The number of allylic oxidation sites excluding steroid dienone is 5. The van der Waals surface area contributed by atoms with Crippen molar-refractivity contribution in [2.45, 2.75) is 79.2 Å². The van der Waals surface area contributed by atoms with E-state index in [0.29, 0.717) is 17.2 Å². The molecule has 31 heavy (non-hydrogen) atoms. The standard InChI is InChI=1S/C26H40N5/c1-19(12-13-22-21(3)11-8-15-26(22,4)5)9-7-10-20(2)14-16-31-18-30(6)25-23(31)24(27)28-17-29-25/h9,14,17-18,22H,3,7-8,10-13,15-16H2,1-2,4-6H3,(H2,27,28,29)/q+1/t22-/m0/s1. The number of rotatable bonds is 8.